The Hall–Kier alpha value is -0.420. The van der Waals surface area contributed by atoms with Crippen LogP contribution in [-0.2, 0) is 0 Å². The van der Waals surface area contributed by atoms with E-state index in [1.165, 1.54) is 50.9 Å². The van der Waals surface area contributed by atoms with Crippen LogP contribution >= 0.6 is 11.8 Å². The zero-order valence-electron chi connectivity index (χ0n) is 13.7. The van der Waals surface area contributed by atoms with Gasteiger partial charge in [0.1, 0.15) is 0 Å². The van der Waals surface area contributed by atoms with Crippen molar-refractivity contribution in [3.05, 3.63) is 0 Å². The highest BCUT2D eigenvalue weighted by molar-refractivity contribution is 8.00. The van der Waals surface area contributed by atoms with Crippen molar-refractivity contribution in [1.29, 1.82) is 0 Å². The summed E-state index contributed by atoms with van der Waals surface area (Å²) in [4.78, 5) is 7.44. The number of nitrogens with one attached hydrogen (secondary N) is 2. The largest absolute Gasteiger partial charge is 0.357 e. The molecule has 0 aliphatic carbocycles. The highest BCUT2D eigenvalue weighted by Gasteiger charge is 2.20. The second-order valence-electron chi connectivity index (χ2n) is 6.04. The third-order valence-electron chi connectivity index (χ3n) is 4.45. The van der Waals surface area contributed by atoms with Crippen molar-refractivity contribution in [2.75, 3.05) is 38.5 Å². The van der Waals surface area contributed by atoms with Gasteiger partial charge in [0, 0.05) is 24.4 Å². The summed E-state index contributed by atoms with van der Waals surface area (Å²) in [5.41, 5.74) is 0. The van der Waals surface area contributed by atoms with E-state index >= 15 is 0 Å². The highest BCUT2D eigenvalue weighted by atomic mass is 32.2. The lowest BCUT2D eigenvalue weighted by Crippen LogP contribution is -2.42. The number of guanidine groups is 1. The van der Waals surface area contributed by atoms with Gasteiger partial charge in [-0.2, -0.15) is 11.8 Å². The van der Waals surface area contributed by atoms with Crippen LogP contribution in [0.2, 0.25) is 0 Å². The molecule has 2 fully saturated rings. The molecular formula is C16H32N4S. The molecule has 5 heteroatoms. The molecule has 2 aliphatic heterocycles. The summed E-state index contributed by atoms with van der Waals surface area (Å²) in [5, 5.41) is 7.69. The van der Waals surface area contributed by atoms with E-state index in [1.807, 2.05) is 0 Å². The molecule has 0 aromatic carbocycles. The van der Waals surface area contributed by atoms with Gasteiger partial charge >= 0.3 is 0 Å². The summed E-state index contributed by atoms with van der Waals surface area (Å²) in [6.45, 7) is 9.85. The quantitative estimate of drug-likeness (QED) is 0.559. The van der Waals surface area contributed by atoms with Gasteiger partial charge in [-0.15, -0.1) is 0 Å². The van der Waals surface area contributed by atoms with Crippen LogP contribution in [0.1, 0.15) is 46.0 Å². The molecule has 0 aromatic rings. The van der Waals surface area contributed by atoms with Crippen LogP contribution in [0.5, 0.6) is 0 Å². The SMILES string of the molecule is CCNC(=NCC(CC)N1CCCC1)NCC1CCCS1. The van der Waals surface area contributed by atoms with E-state index in [-0.39, 0.29) is 0 Å². The molecule has 4 nitrogen and oxygen atoms in total. The van der Waals surface area contributed by atoms with E-state index in [2.05, 4.69) is 41.1 Å². The molecule has 2 aliphatic rings. The standard InChI is InChI=1S/C16H32N4S/c1-3-14(20-9-5-6-10-20)12-18-16(17-4-2)19-13-15-8-7-11-21-15/h14-15H,3-13H2,1-2H3,(H2,17,18,19). The third kappa shape index (κ3) is 5.70. The fourth-order valence-corrected chi connectivity index (χ4v) is 4.36. The molecule has 0 saturated carbocycles. The predicted molar refractivity (Wildman–Crippen MR) is 94.3 cm³/mol. The number of nitrogens with zero attached hydrogens (tertiary/aromatic N) is 2. The zero-order chi connectivity index (χ0) is 14.9. The molecular weight excluding hydrogens is 280 g/mol. The van der Waals surface area contributed by atoms with Crippen LogP contribution in [0.15, 0.2) is 4.99 Å². The topological polar surface area (TPSA) is 39.7 Å². The van der Waals surface area contributed by atoms with Crippen LogP contribution in [-0.4, -0.2) is 60.6 Å². The molecule has 21 heavy (non-hydrogen) atoms. The van der Waals surface area contributed by atoms with Gasteiger partial charge in [-0.1, -0.05) is 6.92 Å². The van der Waals surface area contributed by atoms with Gasteiger partial charge in [-0.05, 0) is 57.9 Å². The normalized spacial score (nSPS) is 25.2. The summed E-state index contributed by atoms with van der Waals surface area (Å²) < 4.78 is 0. The summed E-state index contributed by atoms with van der Waals surface area (Å²) in [6.07, 6.45) is 6.64. The maximum Gasteiger partial charge on any atom is 0.191 e. The molecule has 122 valence electrons. The molecule has 2 heterocycles. The summed E-state index contributed by atoms with van der Waals surface area (Å²) in [6, 6.07) is 0.615. The molecule has 2 rings (SSSR count). The molecule has 0 amide bonds. The second kappa shape index (κ2) is 9.57. The van der Waals surface area contributed by atoms with Gasteiger partial charge in [-0.25, -0.2) is 0 Å². The van der Waals surface area contributed by atoms with Crippen LogP contribution in [0.25, 0.3) is 0 Å². The first-order chi connectivity index (χ1) is 10.3. The molecule has 0 aromatic heterocycles. The minimum atomic E-state index is 0.615. The van der Waals surface area contributed by atoms with Crippen molar-refractivity contribution < 1.29 is 0 Å². The number of hydrogen-bond donors (Lipinski definition) is 2. The Kier molecular flexibility index (Phi) is 7.72. The van der Waals surface area contributed by atoms with E-state index in [1.54, 1.807) is 0 Å². The number of thioether (sulfide) groups is 1. The molecule has 2 N–H and O–H groups in total. The van der Waals surface area contributed by atoms with E-state index in [0.29, 0.717) is 6.04 Å². The first kappa shape index (κ1) is 16.9. The van der Waals surface area contributed by atoms with Gasteiger partial charge in [0.25, 0.3) is 0 Å². The first-order valence-corrected chi connectivity index (χ1v) is 9.76. The monoisotopic (exact) mass is 312 g/mol. The van der Waals surface area contributed by atoms with Gasteiger partial charge < -0.3 is 10.6 Å². The van der Waals surface area contributed by atoms with Gasteiger partial charge in [-0.3, -0.25) is 9.89 Å². The smallest absolute Gasteiger partial charge is 0.191 e. The maximum absolute atomic E-state index is 4.83. The van der Waals surface area contributed by atoms with Crippen LogP contribution in [0.3, 0.4) is 0 Å². The van der Waals surface area contributed by atoms with E-state index in [9.17, 15) is 0 Å². The fraction of sp³-hybridized carbons (Fsp3) is 0.938. The Morgan fingerprint density at radius 3 is 2.67 bits per heavy atom. The molecule has 0 bridgehead atoms. The molecule has 2 saturated heterocycles. The maximum atomic E-state index is 4.83. The van der Waals surface area contributed by atoms with Crippen molar-refractivity contribution in [3.63, 3.8) is 0 Å². The summed E-state index contributed by atoms with van der Waals surface area (Å²) in [7, 11) is 0. The lowest BCUT2D eigenvalue weighted by molar-refractivity contribution is 0.242. The fourth-order valence-electron chi connectivity index (χ4n) is 3.16. The summed E-state index contributed by atoms with van der Waals surface area (Å²) in [5.74, 6) is 2.33. The average Bonchev–Trinajstić information content (AvgIpc) is 3.18. The van der Waals surface area contributed by atoms with Gasteiger partial charge in [0.05, 0.1) is 6.54 Å². The Morgan fingerprint density at radius 2 is 2.05 bits per heavy atom. The number of aliphatic imine (C=N–C) groups is 1. The summed E-state index contributed by atoms with van der Waals surface area (Å²) >= 11 is 2.10. The highest BCUT2D eigenvalue weighted by Crippen LogP contribution is 2.25. The molecule has 2 atom stereocenters. The van der Waals surface area contributed by atoms with Crippen LogP contribution < -0.4 is 10.6 Å². The average molecular weight is 313 g/mol. The Balaban J connectivity index is 1.79. The minimum Gasteiger partial charge on any atom is -0.357 e. The zero-order valence-corrected chi connectivity index (χ0v) is 14.6. The number of hydrogen-bond acceptors (Lipinski definition) is 3. The van der Waals surface area contributed by atoms with Crippen molar-refractivity contribution in [2.24, 2.45) is 4.99 Å². The van der Waals surface area contributed by atoms with Crippen LogP contribution in [0.4, 0.5) is 0 Å². The first-order valence-electron chi connectivity index (χ1n) is 8.71. The van der Waals surface area contributed by atoms with Gasteiger partial charge in [0.2, 0.25) is 0 Å². The van der Waals surface area contributed by atoms with E-state index in [4.69, 9.17) is 4.99 Å². The second-order valence-corrected chi connectivity index (χ2v) is 7.45. The third-order valence-corrected chi connectivity index (χ3v) is 5.85. The van der Waals surface area contributed by atoms with Crippen LogP contribution in [0, 0.1) is 0 Å². The number of rotatable bonds is 7. The van der Waals surface area contributed by atoms with Crippen molar-refractivity contribution in [2.45, 2.75) is 57.2 Å². The predicted octanol–water partition coefficient (Wildman–Crippen LogP) is 2.31. The van der Waals surface area contributed by atoms with Crippen molar-refractivity contribution >= 4 is 17.7 Å². The van der Waals surface area contributed by atoms with E-state index in [0.717, 1.165) is 30.8 Å². The molecule has 0 radical (unpaired) electrons. The molecule has 0 spiro atoms. The lowest BCUT2D eigenvalue weighted by Gasteiger charge is -2.25. The Labute approximate surface area is 134 Å². The number of likely N-dealkylation sites (tertiary alicyclic amines) is 1. The minimum absolute atomic E-state index is 0.615. The lowest BCUT2D eigenvalue weighted by atomic mass is 10.2. The Morgan fingerprint density at radius 1 is 1.24 bits per heavy atom. The van der Waals surface area contributed by atoms with Crippen molar-refractivity contribution in [3.8, 4) is 0 Å². The van der Waals surface area contributed by atoms with Crippen molar-refractivity contribution in [1.82, 2.24) is 15.5 Å². The Bertz CT molecular complexity index is 309. The van der Waals surface area contributed by atoms with Gasteiger partial charge in [0.15, 0.2) is 5.96 Å². The molecule has 2 unspecified atom stereocenters. The van der Waals surface area contributed by atoms with E-state index < -0.39 is 0 Å².